The van der Waals surface area contributed by atoms with Crippen LogP contribution in [0.5, 0.6) is 0 Å². The maximum atomic E-state index is 13.7. The fourth-order valence-corrected chi connectivity index (χ4v) is 6.22. The van der Waals surface area contributed by atoms with Gasteiger partial charge in [0.25, 0.3) is 0 Å². The number of carbonyl (C=O) groups is 1. The van der Waals surface area contributed by atoms with E-state index >= 15 is 0 Å². The molecule has 1 aromatic rings. The topological polar surface area (TPSA) is 78.9 Å². The number of ketones is 1. The molecule has 0 heterocycles. The van der Waals surface area contributed by atoms with Crippen LogP contribution in [-0.2, 0) is 28.6 Å². The van der Waals surface area contributed by atoms with Gasteiger partial charge >= 0.3 is 10.1 Å². The third-order valence-corrected chi connectivity index (χ3v) is 8.18. The van der Waals surface area contributed by atoms with Gasteiger partial charge in [-0.15, -0.1) is 0 Å². The molecule has 6 nitrogen and oxygen atoms in total. The average molecular weight is 419 g/mol. The maximum Gasteiger partial charge on any atom is 0.338 e. The number of fused-ring (bicyclic) bond motifs is 1. The minimum absolute atomic E-state index is 0.0172. The Morgan fingerprint density at radius 1 is 1.07 bits per heavy atom. The number of allylic oxidation sites excluding steroid dienone is 2. The van der Waals surface area contributed by atoms with Crippen molar-refractivity contribution in [3.05, 3.63) is 53.3 Å². The van der Waals surface area contributed by atoms with Crippen LogP contribution >= 0.6 is 0 Å². The third kappa shape index (κ3) is 2.41. The highest BCUT2D eigenvalue weighted by Gasteiger charge is 2.72. The highest BCUT2D eigenvalue weighted by molar-refractivity contribution is 7.86. The molecule has 29 heavy (non-hydrogen) atoms. The van der Waals surface area contributed by atoms with Gasteiger partial charge in [-0.1, -0.05) is 36.3 Å². The van der Waals surface area contributed by atoms with E-state index in [1.165, 1.54) is 26.4 Å². The van der Waals surface area contributed by atoms with Crippen LogP contribution < -0.4 is 0 Å². The Bertz CT molecular complexity index is 1030. The third-order valence-electron chi connectivity index (χ3n) is 6.93. The Hall–Kier alpha value is -1.96. The number of aryl methyl sites for hydroxylation is 1. The van der Waals surface area contributed by atoms with Gasteiger partial charge in [0.15, 0.2) is 0 Å². The van der Waals surface area contributed by atoms with Crippen molar-refractivity contribution in [2.45, 2.75) is 44.3 Å². The second-order valence-electron chi connectivity index (χ2n) is 8.39. The lowest BCUT2D eigenvalue weighted by Gasteiger charge is -2.55. The molecule has 3 atom stereocenters. The SMILES string of the molecule is COC1(OC)C(=O)[C@@]23C=C(OS(=O)(=O)c4ccc(C)cc4)[C@]1(C)C=C2CC[C@@H]3C. The Balaban J connectivity index is 1.88. The number of benzene rings is 1. The summed E-state index contributed by atoms with van der Waals surface area (Å²) in [6, 6.07) is 6.45. The summed E-state index contributed by atoms with van der Waals surface area (Å²) in [4.78, 5) is 13.7. The van der Waals surface area contributed by atoms with Crippen LogP contribution in [0.25, 0.3) is 0 Å². The smallest absolute Gasteiger partial charge is 0.338 e. The van der Waals surface area contributed by atoms with Gasteiger partial charge in [-0.2, -0.15) is 8.42 Å². The summed E-state index contributed by atoms with van der Waals surface area (Å²) in [5, 5.41) is 0. The van der Waals surface area contributed by atoms with Crippen LogP contribution in [0.15, 0.2) is 52.6 Å². The van der Waals surface area contributed by atoms with Crippen molar-refractivity contribution in [2.75, 3.05) is 14.2 Å². The Morgan fingerprint density at radius 3 is 2.28 bits per heavy atom. The number of hydrogen-bond donors (Lipinski definition) is 0. The molecule has 4 aliphatic rings. The lowest BCUT2D eigenvalue weighted by atomic mass is 9.53. The molecular weight excluding hydrogens is 392 g/mol. The van der Waals surface area contributed by atoms with Gasteiger partial charge in [-0.05, 0) is 50.8 Å². The minimum Gasteiger partial charge on any atom is -0.383 e. The van der Waals surface area contributed by atoms with Crippen molar-refractivity contribution in [2.24, 2.45) is 16.7 Å². The Kier molecular flexibility index (Phi) is 4.39. The zero-order valence-corrected chi connectivity index (χ0v) is 18.1. The van der Waals surface area contributed by atoms with E-state index in [0.29, 0.717) is 0 Å². The van der Waals surface area contributed by atoms with E-state index in [0.717, 1.165) is 24.0 Å². The second-order valence-corrected chi connectivity index (χ2v) is 9.94. The van der Waals surface area contributed by atoms with E-state index < -0.39 is 26.7 Å². The molecular formula is C22H26O6S. The summed E-state index contributed by atoms with van der Waals surface area (Å²) in [6.07, 6.45) is 5.22. The first-order chi connectivity index (χ1) is 13.6. The molecule has 1 fully saturated rings. The Morgan fingerprint density at radius 2 is 1.69 bits per heavy atom. The molecule has 156 valence electrons. The zero-order valence-electron chi connectivity index (χ0n) is 17.3. The average Bonchev–Trinajstić information content (AvgIpc) is 2.99. The van der Waals surface area contributed by atoms with Gasteiger partial charge in [0.1, 0.15) is 16.1 Å². The van der Waals surface area contributed by atoms with Gasteiger partial charge in [-0.25, -0.2) is 0 Å². The summed E-state index contributed by atoms with van der Waals surface area (Å²) in [5.74, 6) is -1.70. The monoisotopic (exact) mass is 418 g/mol. The lowest BCUT2D eigenvalue weighted by molar-refractivity contribution is -0.254. The molecule has 0 aliphatic heterocycles. The zero-order chi connectivity index (χ0) is 21.2. The second kappa shape index (κ2) is 6.27. The quantitative estimate of drug-likeness (QED) is 0.414. The van der Waals surface area contributed by atoms with Crippen LogP contribution in [0.2, 0.25) is 0 Å². The summed E-state index contributed by atoms with van der Waals surface area (Å²) in [6.45, 7) is 5.60. The first-order valence-electron chi connectivity index (χ1n) is 9.69. The molecule has 1 aromatic carbocycles. The fourth-order valence-electron chi connectivity index (χ4n) is 5.20. The van der Waals surface area contributed by atoms with Crippen LogP contribution in [-0.4, -0.2) is 34.2 Å². The number of hydrogen-bond acceptors (Lipinski definition) is 6. The number of carbonyl (C=O) groups excluding carboxylic acids is 1. The van der Waals surface area contributed by atoms with Crippen molar-refractivity contribution in [3.63, 3.8) is 0 Å². The van der Waals surface area contributed by atoms with Crippen LogP contribution in [0, 0.1) is 23.7 Å². The van der Waals surface area contributed by atoms with Crippen LogP contribution in [0.4, 0.5) is 0 Å². The number of ether oxygens (including phenoxy) is 2. The van der Waals surface area contributed by atoms with E-state index in [-0.39, 0.29) is 22.4 Å². The van der Waals surface area contributed by atoms with Gasteiger partial charge in [0.05, 0.1) is 5.41 Å². The van der Waals surface area contributed by atoms with Crippen molar-refractivity contribution in [1.29, 1.82) is 0 Å². The molecule has 1 spiro atoms. The molecule has 0 radical (unpaired) electrons. The number of Topliss-reactive ketones (excluding diaryl/α,β-unsaturated/α-hetero) is 1. The number of rotatable bonds is 5. The van der Waals surface area contributed by atoms with Crippen molar-refractivity contribution in [3.8, 4) is 0 Å². The fraction of sp³-hybridized carbons (Fsp3) is 0.500. The highest BCUT2D eigenvalue weighted by atomic mass is 32.2. The molecule has 0 N–H and O–H groups in total. The van der Waals surface area contributed by atoms with Crippen molar-refractivity contribution < 1.29 is 26.9 Å². The largest absolute Gasteiger partial charge is 0.383 e. The molecule has 0 aromatic heterocycles. The predicted octanol–water partition coefficient (Wildman–Crippen LogP) is 3.52. The summed E-state index contributed by atoms with van der Waals surface area (Å²) in [7, 11) is -1.28. The van der Waals surface area contributed by atoms with E-state index in [2.05, 4.69) is 0 Å². The van der Waals surface area contributed by atoms with Gasteiger partial charge < -0.3 is 13.7 Å². The summed E-state index contributed by atoms with van der Waals surface area (Å²) in [5.41, 5.74) is -0.238. The first-order valence-corrected chi connectivity index (χ1v) is 11.1. The maximum absolute atomic E-state index is 13.7. The molecule has 7 heteroatoms. The highest BCUT2D eigenvalue weighted by Crippen LogP contribution is 2.65. The molecule has 0 unspecified atom stereocenters. The van der Waals surface area contributed by atoms with Crippen LogP contribution in [0.3, 0.4) is 0 Å². The van der Waals surface area contributed by atoms with E-state index in [1.807, 2.05) is 19.9 Å². The normalized spacial score (nSPS) is 32.6. The number of methoxy groups -OCH3 is 2. The lowest BCUT2D eigenvalue weighted by Crippen LogP contribution is -2.67. The molecule has 0 amide bonds. The predicted molar refractivity (Wildman–Crippen MR) is 106 cm³/mol. The molecule has 0 saturated heterocycles. The summed E-state index contributed by atoms with van der Waals surface area (Å²) < 4.78 is 43.0. The standard InChI is InChI=1S/C22H26O6S/c1-14-6-10-17(11-7-14)29(24,25)28-18-13-21-15(2)8-9-16(21)12-20(18,3)22(26-4,27-5)19(21)23/h6-7,10-13,15H,8-9H2,1-5H3/t15-,20-,21+/m0/s1. The van der Waals surface area contributed by atoms with Crippen LogP contribution in [0.1, 0.15) is 32.3 Å². The van der Waals surface area contributed by atoms with E-state index in [1.54, 1.807) is 25.1 Å². The van der Waals surface area contributed by atoms with Gasteiger partial charge in [0.2, 0.25) is 11.6 Å². The molecule has 4 aliphatic carbocycles. The van der Waals surface area contributed by atoms with Crippen molar-refractivity contribution >= 4 is 15.9 Å². The first kappa shape index (κ1) is 20.3. The summed E-state index contributed by atoms with van der Waals surface area (Å²) >= 11 is 0. The van der Waals surface area contributed by atoms with E-state index in [4.69, 9.17) is 13.7 Å². The minimum atomic E-state index is -4.09. The van der Waals surface area contributed by atoms with Crippen molar-refractivity contribution in [1.82, 2.24) is 0 Å². The van der Waals surface area contributed by atoms with Gasteiger partial charge in [0, 0.05) is 14.2 Å². The molecule has 1 saturated carbocycles. The van der Waals surface area contributed by atoms with E-state index in [9.17, 15) is 13.2 Å². The van der Waals surface area contributed by atoms with Gasteiger partial charge in [-0.3, -0.25) is 4.79 Å². The molecule has 5 rings (SSSR count). The Labute approximate surface area is 171 Å². The molecule has 2 bridgehead atoms.